The molecule has 3 atom stereocenters. The lowest BCUT2D eigenvalue weighted by Crippen LogP contribution is -2.12. The maximum absolute atomic E-state index is 9.78. The number of aryl methyl sites for hydroxylation is 2. The van der Waals surface area contributed by atoms with Crippen LogP contribution in [0.15, 0.2) is 60.2 Å². The van der Waals surface area contributed by atoms with E-state index in [1.165, 1.54) is 39.0 Å². The highest BCUT2D eigenvalue weighted by molar-refractivity contribution is 5.65. The summed E-state index contributed by atoms with van der Waals surface area (Å²) in [6.45, 7) is 15.2. The van der Waals surface area contributed by atoms with E-state index in [0.717, 1.165) is 25.7 Å². The third-order valence-electron chi connectivity index (χ3n) is 6.47. The van der Waals surface area contributed by atoms with E-state index < -0.39 is 0 Å². The molecule has 2 aromatic rings. The van der Waals surface area contributed by atoms with Gasteiger partial charge in [0.1, 0.15) is 0 Å². The lowest BCUT2D eigenvalue weighted by atomic mass is 9.84. The van der Waals surface area contributed by atoms with Crippen molar-refractivity contribution < 1.29 is 5.11 Å². The third-order valence-corrected chi connectivity index (χ3v) is 6.47. The predicted molar refractivity (Wildman–Crippen MR) is 137 cm³/mol. The summed E-state index contributed by atoms with van der Waals surface area (Å²) in [5.41, 5.74) is 9.45. The number of rotatable bonds is 10. The largest absolute Gasteiger partial charge is 0.393 e. The van der Waals surface area contributed by atoms with Gasteiger partial charge in [-0.15, -0.1) is 0 Å². The lowest BCUT2D eigenvalue weighted by molar-refractivity contribution is 0.154. The Kier molecular flexibility index (Phi) is 9.78. The summed E-state index contributed by atoms with van der Waals surface area (Å²) >= 11 is 0. The highest BCUT2D eigenvalue weighted by Gasteiger charge is 2.16. The van der Waals surface area contributed by atoms with Crippen molar-refractivity contribution in [1.29, 1.82) is 0 Å². The van der Waals surface area contributed by atoms with E-state index in [9.17, 15) is 5.11 Å². The van der Waals surface area contributed by atoms with Crippen molar-refractivity contribution in [3.8, 4) is 0 Å². The number of hydrogen-bond donors (Lipinski definition) is 1. The standard InChI is InChI=1S/C30H42O/c1-8-27(19-26(7)31)18-25(6)29-16-13-24(5)30(20-29)17-22(3)9-12-23(4)28-14-10-21(2)11-15-28/h9-16,20,25-27,31H,8,17-19H2,1-7H3/b22-9+,23-12+. The minimum absolute atomic E-state index is 0.213. The molecule has 31 heavy (non-hydrogen) atoms. The first-order valence-corrected chi connectivity index (χ1v) is 11.9. The first kappa shape index (κ1) is 25.1. The summed E-state index contributed by atoms with van der Waals surface area (Å²) in [5.74, 6) is 1.09. The Labute approximate surface area is 190 Å². The molecule has 0 radical (unpaired) electrons. The minimum Gasteiger partial charge on any atom is -0.393 e. The smallest absolute Gasteiger partial charge is 0.0514 e. The number of aliphatic hydroxyl groups is 1. The Morgan fingerprint density at radius 2 is 1.61 bits per heavy atom. The molecule has 0 fully saturated rings. The molecule has 2 rings (SSSR count). The van der Waals surface area contributed by atoms with E-state index >= 15 is 0 Å². The second-order valence-electron chi connectivity index (χ2n) is 9.59. The first-order chi connectivity index (χ1) is 14.7. The second-order valence-corrected chi connectivity index (χ2v) is 9.59. The van der Waals surface area contributed by atoms with Crippen LogP contribution in [0.5, 0.6) is 0 Å². The van der Waals surface area contributed by atoms with Gasteiger partial charge in [-0.25, -0.2) is 0 Å². The van der Waals surface area contributed by atoms with E-state index in [1.807, 2.05) is 6.92 Å². The summed E-state index contributed by atoms with van der Waals surface area (Å²) in [7, 11) is 0. The molecule has 168 valence electrons. The summed E-state index contributed by atoms with van der Waals surface area (Å²) < 4.78 is 0. The van der Waals surface area contributed by atoms with Gasteiger partial charge < -0.3 is 5.11 Å². The molecule has 0 aliphatic carbocycles. The summed E-state index contributed by atoms with van der Waals surface area (Å²) in [6.07, 6.45) is 8.43. The number of benzene rings is 2. The van der Waals surface area contributed by atoms with Gasteiger partial charge in [0, 0.05) is 0 Å². The molecule has 0 spiro atoms. The molecule has 0 bridgehead atoms. The highest BCUT2D eigenvalue weighted by atomic mass is 16.3. The molecule has 1 N–H and O–H groups in total. The van der Waals surface area contributed by atoms with Gasteiger partial charge in [-0.3, -0.25) is 0 Å². The van der Waals surface area contributed by atoms with Crippen LogP contribution < -0.4 is 0 Å². The van der Waals surface area contributed by atoms with Gasteiger partial charge in [-0.2, -0.15) is 0 Å². The van der Waals surface area contributed by atoms with E-state index in [0.29, 0.717) is 11.8 Å². The summed E-state index contributed by atoms with van der Waals surface area (Å²) in [4.78, 5) is 0. The maximum Gasteiger partial charge on any atom is 0.0514 e. The molecule has 0 saturated carbocycles. The minimum atomic E-state index is -0.213. The normalized spacial score (nSPS) is 15.6. The quantitative estimate of drug-likeness (QED) is 0.386. The van der Waals surface area contributed by atoms with Crippen molar-refractivity contribution in [1.82, 2.24) is 0 Å². The summed E-state index contributed by atoms with van der Waals surface area (Å²) in [5, 5.41) is 9.78. The Hall–Kier alpha value is -2.12. The fourth-order valence-corrected chi connectivity index (χ4v) is 4.28. The molecule has 0 heterocycles. The second kappa shape index (κ2) is 12.1. The van der Waals surface area contributed by atoms with Crippen LogP contribution in [-0.2, 0) is 6.42 Å². The highest BCUT2D eigenvalue weighted by Crippen LogP contribution is 2.29. The first-order valence-electron chi connectivity index (χ1n) is 11.9. The summed E-state index contributed by atoms with van der Waals surface area (Å²) in [6, 6.07) is 15.7. The molecule has 1 nitrogen and oxygen atoms in total. The van der Waals surface area contributed by atoms with Gasteiger partial charge in [0.15, 0.2) is 0 Å². The van der Waals surface area contributed by atoms with Gasteiger partial charge >= 0.3 is 0 Å². The Morgan fingerprint density at radius 1 is 0.935 bits per heavy atom. The molecular weight excluding hydrogens is 376 g/mol. The van der Waals surface area contributed by atoms with Crippen molar-refractivity contribution in [3.63, 3.8) is 0 Å². The fourth-order valence-electron chi connectivity index (χ4n) is 4.28. The van der Waals surface area contributed by atoms with Gasteiger partial charge in [-0.05, 0) is 93.5 Å². The van der Waals surface area contributed by atoms with E-state index in [2.05, 4.69) is 96.2 Å². The molecule has 1 heteroatoms. The predicted octanol–water partition coefficient (Wildman–Crippen LogP) is 8.19. The fraction of sp³-hybridized carbons (Fsp3) is 0.467. The zero-order valence-corrected chi connectivity index (χ0v) is 20.7. The van der Waals surface area contributed by atoms with Gasteiger partial charge in [0.2, 0.25) is 0 Å². The van der Waals surface area contributed by atoms with Crippen LogP contribution in [0.4, 0.5) is 0 Å². The van der Waals surface area contributed by atoms with Crippen LogP contribution in [0.2, 0.25) is 0 Å². The van der Waals surface area contributed by atoms with Crippen LogP contribution in [0.3, 0.4) is 0 Å². The van der Waals surface area contributed by atoms with Crippen molar-refractivity contribution in [2.45, 2.75) is 86.2 Å². The molecule has 2 aromatic carbocycles. The Balaban J connectivity index is 2.11. The average molecular weight is 419 g/mol. The van der Waals surface area contributed by atoms with Crippen molar-refractivity contribution in [2.24, 2.45) is 5.92 Å². The zero-order chi connectivity index (χ0) is 23.0. The SMILES string of the molecule is CCC(CC(C)O)CC(C)c1ccc(C)c(C/C(C)=C/C=C(\C)c2ccc(C)cc2)c1. The lowest BCUT2D eigenvalue weighted by Gasteiger charge is -2.22. The zero-order valence-electron chi connectivity index (χ0n) is 20.7. The van der Waals surface area contributed by atoms with Gasteiger partial charge in [-0.1, -0.05) is 86.0 Å². The number of aliphatic hydroxyl groups excluding tert-OH is 1. The Bertz CT molecular complexity index is 883. The van der Waals surface area contributed by atoms with Crippen molar-refractivity contribution in [3.05, 3.63) is 88.0 Å². The van der Waals surface area contributed by atoms with Crippen LogP contribution in [0.25, 0.3) is 5.57 Å². The third kappa shape index (κ3) is 8.15. The molecule has 0 saturated heterocycles. The average Bonchev–Trinajstić information content (AvgIpc) is 2.73. The van der Waals surface area contributed by atoms with Gasteiger partial charge in [0.05, 0.1) is 6.10 Å². The molecule has 0 aliphatic heterocycles. The van der Waals surface area contributed by atoms with Crippen LogP contribution in [0.1, 0.15) is 87.6 Å². The molecule has 0 aromatic heterocycles. The van der Waals surface area contributed by atoms with E-state index in [4.69, 9.17) is 0 Å². The Morgan fingerprint density at radius 3 is 2.23 bits per heavy atom. The molecular formula is C30H42O. The monoisotopic (exact) mass is 418 g/mol. The molecule has 3 unspecified atom stereocenters. The van der Waals surface area contributed by atoms with E-state index in [-0.39, 0.29) is 6.10 Å². The van der Waals surface area contributed by atoms with Gasteiger partial charge in [0.25, 0.3) is 0 Å². The number of allylic oxidation sites excluding steroid dienone is 4. The van der Waals surface area contributed by atoms with E-state index in [1.54, 1.807) is 0 Å². The van der Waals surface area contributed by atoms with Crippen molar-refractivity contribution >= 4 is 5.57 Å². The van der Waals surface area contributed by atoms with Crippen LogP contribution in [-0.4, -0.2) is 11.2 Å². The maximum atomic E-state index is 9.78. The van der Waals surface area contributed by atoms with Crippen molar-refractivity contribution in [2.75, 3.05) is 0 Å². The molecule has 0 aliphatic rings. The molecule has 0 amide bonds. The number of hydrogen-bond acceptors (Lipinski definition) is 1. The van der Waals surface area contributed by atoms with Crippen LogP contribution >= 0.6 is 0 Å². The topological polar surface area (TPSA) is 20.2 Å². The van der Waals surface area contributed by atoms with Crippen LogP contribution in [0, 0.1) is 19.8 Å².